The van der Waals surface area contributed by atoms with E-state index in [1.54, 1.807) is 0 Å². The molecule has 0 aliphatic carbocycles. The van der Waals surface area contributed by atoms with Crippen LogP contribution < -0.4 is 5.32 Å². The highest BCUT2D eigenvalue weighted by Gasteiger charge is 2.18. The number of para-hydroxylation sites is 1. The number of hydrogen-bond donors (Lipinski definition) is 1. The molecule has 0 bridgehead atoms. The van der Waals surface area contributed by atoms with Crippen molar-refractivity contribution in [3.63, 3.8) is 0 Å². The summed E-state index contributed by atoms with van der Waals surface area (Å²) in [4.78, 5) is 0. The lowest BCUT2D eigenvalue weighted by atomic mass is 10.1. The lowest BCUT2D eigenvalue weighted by molar-refractivity contribution is -0.642. The Morgan fingerprint density at radius 3 is 2.00 bits per heavy atom. The third kappa shape index (κ3) is 3.19. The molecule has 11 heavy (non-hydrogen) atoms. The standard InChI is InChI=1S/C10H15N/c1-10(2,3)11-9-7-5-4-6-8-9/h4-8,11H,1-3H3/q+1. The first-order chi connectivity index (χ1) is 5.08. The summed E-state index contributed by atoms with van der Waals surface area (Å²) in [6.45, 7) is 6.46. The van der Waals surface area contributed by atoms with Gasteiger partial charge in [-0.2, -0.15) is 0 Å². The Hall–Kier alpha value is -0.820. The highest BCUT2D eigenvalue weighted by atomic mass is 14.9. The van der Waals surface area contributed by atoms with E-state index in [-0.39, 0.29) is 5.54 Å². The molecule has 0 atom stereocenters. The minimum atomic E-state index is 0.154. The van der Waals surface area contributed by atoms with Gasteiger partial charge in [0.05, 0.1) is 0 Å². The Kier molecular flexibility index (Phi) is 2.30. The highest BCUT2D eigenvalue weighted by Crippen LogP contribution is 2.00. The zero-order valence-electron chi connectivity index (χ0n) is 7.39. The molecule has 0 unspecified atom stereocenters. The molecule has 0 spiro atoms. The van der Waals surface area contributed by atoms with Crippen LogP contribution in [0.2, 0.25) is 0 Å². The van der Waals surface area contributed by atoms with E-state index in [2.05, 4.69) is 38.2 Å². The molecule has 0 saturated heterocycles. The molecular weight excluding hydrogens is 134 g/mol. The lowest BCUT2D eigenvalue weighted by Gasteiger charge is -2.09. The van der Waals surface area contributed by atoms with Crippen LogP contribution >= 0.6 is 0 Å². The third-order valence-corrected chi connectivity index (χ3v) is 1.29. The molecule has 59 valence electrons. The van der Waals surface area contributed by atoms with Crippen LogP contribution in [0.1, 0.15) is 20.8 Å². The maximum Gasteiger partial charge on any atom is 0.179 e. The summed E-state index contributed by atoms with van der Waals surface area (Å²) in [5.74, 6) is 0. The topological polar surface area (TPSA) is 15.6 Å². The second kappa shape index (κ2) is 3.05. The molecule has 1 radical (unpaired) electrons. The average molecular weight is 149 g/mol. The Morgan fingerprint density at radius 2 is 1.55 bits per heavy atom. The van der Waals surface area contributed by atoms with Crippen molar-refractivity contribution in [3.8, 4) is 0 Å². The van der Waals surface area contributed by atoms with Gasteiger partial charge in [0.15, 0.2) is 5.69 Å². The Bertz CT molecular complexity index is 208. The number of benzene rings is 1. The largest absolute Gasteiger partial charge is 0.179 e. The van der Waals surface area contributed by atoms with E-state index in [9.17, 15) is 0 Å². The van der Waals surface area contributed by atoms with Crippen LogP contribution in [0.4, 0.5) is 5.69 Å². The van der Waals surface area contributed by atoms with Crippen LogP contribution in [0.3, 0.4) is 0 Å². The third-order valence-electron chi connectivity index (χ3n) is 1.29. The van der Waals surface area contributed by atoms with Gasteiger partial charge >= 0.3 is 0 Å². The SMILES string of the molecule is CC(C)(C)[NH+]c1ccccc1. The van der Waals surface area contributed by atoms with E-state index in [0.29, 0.717) is 0 Å². The van der Waals surface area contributed by atoms with Crippen molar-refractivity contribution in [3.05, 3.63) is 30.3 Å². The minimum Gasteiger partial charge on any atom is -0.142 e. The molecule has 0 amide bonds. The van der Waals surface area contributed by atoms with Crippen LogP contribution in [-0.4, -0.2) is 5.54 Å². The predicted molar refractivity (Wildman–Crippen MR) is 46.8 cm³/mol. The quantitative estimate of drug-likeness (QED) is 0.622. The molecule has 1 aromatic carbocycles. The predicted octanol–water partition coefficient (Wildman–Crippen LogP) is 1.47. The molecule has 1 aromatic rings. The van der Waals surface area contributed by atoms with Crippen molar-refractivity contribution in [2.75, 3.05) is 0 Å². The average Bonchev–Trinajstić information content (AvgIpc) is 1.85. The fourth-order valence-corrected chi connectivity index (χ4v) is 0.954. The van der Waals surface area contributed by atoms with Gasteiger partial charge in [-0.1, -0.05) is 18.2 Å². The van der Waals surface area contributed by atoms with Gasteiger partial charge in [0.2, 0.25) is 0 Å². The van der Waals surface area contributed by atoms with Gasteiger partial charge in [0.1, 0.15) is 5.54 Å². The van der Waals surface area contributed by atoms with Gasteiger partial charge in [0.25, 0.3) is 0 Å². The molecular formula is C10H15N+. The van der Waals surface area contributed by atoms with Gasteiger partial charge in [-0.3, -0.25) is 0 Å². The molecule has 1 N–H and O–H groups in total. The van der Waals surface area contributed by atoms with Gasteiger partial charge < -0.3 is 0 Å². The number of rotatable bonds is 1. The molecule has 1 rings (SSSR count). The normalized spacial score (nSPS) is 11.5. The molecule has 0 aliphatic heterocycles. The van der Waals surface area contributed by atoms with E-state index < -0.39 is 0 Å². The Morgan fingerprint density at radius 1 is 1.00 bits per heavy atom. The van der Waals surface area contributed by atoms with Crippen LogP contribution in [0.15, 0.2) is 30.3 Å². The van der Waals surface area contributed by atoms with Crippen LogP contribution in [-0.2, 0) is 0 Å². The number of hydrogen-bond acceptors (Lipinski definition) is 1. The molecule has 0 aliphatic rings. The summed E-state index contributed by atoms with van der Waals surface area (Å²) in [7, 11) is 0. The summed E-state index contributed by atoms with van der Waals surface area (Å²) in [6.07, 6.45) is 0. The monoisotopic (exact) mass is 149 g/mol. The van der Waals surface area contributed by atoms with Gasteiger partial charge in [-0.25, -0.2) is 0 Å². The van der Waals surface area contributed by atoms with E-state index in [1.165, 1.54) is 5.69 Å². The minimum absolute atomic E-state index is 0.154. The summed E-state index contributed by atoms with van der Waals surface area (Å²) in [6, 6.07) is 10.2. The van der Waals surface area contributed by atoms with Crippen molar-refractivity contribution in [2.45, 2.75) is 26.3 Å². The van der Waals surface area contributed by atoms with Crippen molar-refractivity contribution >= 4 is 5.69 Å². The van der Waals surface area contributed by atoms with Gasteiger partial charge in [-0.15, -0.1) is 5.32 Å². The van der Waals surface area contributed by atoms with Crippen molar-refractivity contribution in [1.82, 2.24) is 0 Å². The van der Waals surface area contributed by atoms with Gasteiger partial charge in [0, 0.05) is 12.1 Å². The zero-order chi connectivity index (χ0) is 8.32. The van der Waals surface area contributed by atoms with Crippen LogP contribution in [0.5, 0.6) is 0 Å². The Balaban J connectivity index is 2.66. The first-order valence-electron chi connectivity index (χ1n) is 3.91. The maximum atomic E-state index is 3.38. The van der Waals surface area contributed by atoms with E-state index >= 15 is 0 Å². The molecule has 1 heteroatoms. The number of anilines is 1. The van der Waals surface area contributed by atoms with E-state index in [4.69, 9.17) is 0 Å². The number of nitrogens with one attached hydrogen (secondary N) is 1. The second-order valence-electron chi connectivity index (χ2n) is 3.74. The van der Waals surface area contributed by atoms with E-state index in [1.807, 2.05) is 18.2 Å². The second-order valence-corrected chi connectivity index (χ2v) is 3.74. The van der Waals surface area contributed by atoms with Crippen molar-refractivity contribution in [1.29, 1.82) is 0 Å². The molecule has 0 heterocycles. The fraction of sp³-hybridized carbons (Fsp3) is 0.400. The highest BCUT2D eigenvalue weighted by molar-refractivity contribution is 5.27. The summed E-state index contributed by atoms with van der Waals surface area (Å²) >= 11 is 0. The van der Waals surface area contributed by atoms with Crippen LogP contribution in [0, 0.1) is 0 Å². The molecule has 0 saturated carbocycles. The fourth-order valence-electron chi connectivity index (χ4n) is 0.954. The summed E-state index contributed by atoms with van der Waals surface area (Å²) < 4.78 is 0. The van der Waals surface area contributed by atoms with E-state index in [0.717, 1.165) is 0 Å². The Labute approximate surface area is 68.4 Å². The van der Waals surface area contributed by atoms with Crippen molar-refractivity contribution in [2.24, 2.45) is 0 Å². The first-order valence-corrected chi connectivity index (χ1v) is 3.91. The maximum absolute atomic E-state index is 3.38. The zero-order valence-corrected chi connectivity index (χ0v) is 7.39. The first kappa shape index (κ1) is 8.28. The molecule has 0 fully saturated rings. The summed E-state index contributed by atoms with van der Waals surface area (Å²) in [5, 5.41) is 3.38. The summed E-state index contributed by atoms with van der Waals surface area (Å²) in [5.41, 5.74) is 1.33. The van der Waals surface area contributed by atoms with Crippen molar-refractivity contribution < 1.29 is 5.32 Å². The lowest BCUT2D eigenvalue weighted by Crippen LogP contribution is -2.89. The smallest absolute Gasteiger partial charge is 0.142 e. The van der Waals surface area contributed by atoms with Crippen LogP contribution in [0.25, 0.3) is 0 Å². The van der Waals surface area contributed by atoms with Gasteiger partial charge in [-0.05, 0) is 20.8 Å². The molecule has 1 nitrogen and oxygen atoms in total. The molecule has 0 aromatic heterocycles.